The first-order chi connectivity index (χ1) is 19.8. The molecule has 1 heterocycles. The van der Waals surface area contributed by atoms with Crippen molar-refractivity contribution in [3.05, 3.63) is 101 Å². The van der Waals surface area contributed by atoms with E-state index < -0.39 is 24.4 Å². The van der Waals surface area contributed by atoms with E-state index in [1.807, 2.05) is 65.0 Å². The fraction of sp³-hybridized carbons (Fsp3) is 0.281. The number of aromatic nitrogens is 1. The first-order valence-electron chi connectivity index (χ1n) is 13.5. The number of ether oxygens (including phenoxy) is 2. The van der Waals surface area contributed by atoms with Crippen molar-refractivity contribution in [3.8, 4) is 23.0 Å². The molecule has 4 rings (SSSR count). The molecule has 8 nitrogen and oxygen atoms in total. The molecule has 1 amide bonds. The van der Waals surface area contributed by atoms with Crippen LogP contribution < -0.4 is 9.47 Å². The van der Waals surface area contributed by atoms with Crippen molar-refractivity contribution in [2.75, 3.05) is 6.54 Å². The molecule has 0 aliphatic carbocycles. The smallest absolute Gasteiger partial charge is 0.416 e. The monoisotopic (exact) mass is 564 g/mol. The van der Waals surface area contributed by atoms with E-state index in [4.69, 9.17) is 13.9 Å². The number of carbonyl (C=O) groups is 2. The number of benzene rings is 3. The summed E-state index contributed by atoms with van der Waals surface area (Å²) in [5.41, 5.74) is 2.61. The molecule has 41 heavy (non-hydrogen) atoms. The topological polar surface area (TPSA) is 102 Å². The minimum Gasteiger partial charge on any atom is -0.487 e. The Labute approximate surface area is 240 Å². The van der Waals surface area contributed by atoms with Gasteiger partial charge in [0.15, 0.2) is 0 Å². The number of halogens is 1. The van der Waals surface area contributed by atoms with Crippen molar-refractivity contribution in [3.63, 3.8) is 0 Å². The third kappa shape index (κ3) is 9.79. The Bertz CT molecular complexity index is 1390. The van der Waals surface area contributed by atoms with Gasteiger partial charge in [0.1, 0.15) is 41.9 Å². The SMILES string of the molecule is CC.CC.Cc1ccc(OC(=O)N(CC(=O)O)Cc2ccc(OCc3nc(-c4ccccc4)oc3C)cc2)cc1F. The number of oxazole rings is 1. The van der Waals surface area contributed by atoms with Crippen LogP contribution in [-0.4, -0.2) is 33.6 Å². The van der Waals surface area contributed by atoms with Crippen molar-refractivity contribution >= 4 is 12.1 Å². The van der Waals surface area contributed by atoms with E-state index in [0.717, 1.165) is 16.5 Å². The molecule has 0 unspecified atom stereocenters. The molecular weight excluding hydrogens is 527 g/mol. The van der Waals surface area contributed by atoms with Crippen molar-refractivity contribution in [1.29, 1.82) is 0 Å². The molecule has 218 valence electrons. The molecule has 0 aliphatic heterocycles. The second-order valence-electron chi connectivity index (χ2n) is 8.35. The van der Waals surface area contributed by atoms with Gasteiger partial charge in [-0.2, -0.15) is 0 Å². The van der Waals surface area contributed by atoms with Crippen molar-refractivity contribution in [1.82, 2.24) is 9.88 Å². The summed E-state index contributed by atoms with van der Waals surface area (Å²) in [4.78, 5) is 29.4. The molecule has 1 N–H and O–H groups in total. The van der Waals surface area contributed by atoms with Gasteiger partial charge in [-0.3, -0.25) is 9.69 Å². The van der Waals surface area contributed by atoms with E-state index in [-0.39, 0.29) is 18.9 Å². The highest BCUT2D eigenvalue weighted by molar-refractivity contribution is 5.78. The number of carbonyl (C=O) groups excluding carboxylic acids is 1. The summed E-state index contributed by atoms with van der Waals surface area (Å²) in [5, 5.41) is 9.23. The lowest BCUT2D eigenvalue weighted by Gasteiger charge is -2.20. The lowest BCUT2D eigenvalue weighted by Crippen LogP contribution is -2.37. The highest BCUT2D eigenvalue weighted by atomic mass is 19.1. The van der Waals surface area contributed by atoms with Crippen molar-refractivity contribution in [2.24, 2.45) is 0 Å². The zero-order chi connectivity index (χ0) is 30.4. The minimum absolute atomic E-state index is 0.00851. The molecule has 1 aromatic heterocycles. The van der Waals surface area contributed by atoms with Gasteiger partial charge in [-0.25, -0.2) is 14.2 Å². The van der Waals surface area contributed by atoms with Crippen LogP contribution in [0.4, 0.5) is 9.18 Å². The highest BCUT2D eigenvalue weighted by Gasteiger charge is 2.20. The van der Waals surface area contributed by atoms with Crippen LogP contribution in [0.15, 0.2) is 77.2 Å². The fourth-order valence-corrected chi connectivity index (χ4v) is 3.48. The second-order valence-corrected chi connectivity index (χ2v) is 8.35. The standard InChI is InChI=1S/C28H25FN2O6.2C2H6/c1-18-8-11-23(14-24(18)29)37-28(34)31(16-26(32)33)15-20-9-12-22(13-10-20)35-17-25-19(2)36-27(30-25)21-6-4-3-5-7-21;2*1-2/h3-14H,15-17H2,1-2H3,(H,32,33);2*1-2H3. The summed E-state index contributed by atoms with van der Waals surface area (Å²) in [5.74, 6) is 0.00548. The Kier molecular flexibility index (Phi) is 13.1. The van der Waals surface area contributed by atoms with Gasteiger partial charge >= 0.3 is 12.1 Å². The quantitative estimate of drug-likeness (QED) is 0.221. The van der Waals surface area contributed by atoms with Crippen LogP contribution in [0.2, 0.25) is 0 Å². The number of hydrogen-bond donors (Lipinski definition) is 1. The Balaban J connectivity index is 0.00000141. The van der Waals surface area contributed by atoms with Gasteiger partial charge in [0.25, 0.3) is 0 Å². The number of rotatable bonds is 9. The predicted molar refractivity (Wildman–Crippen MR) is 155 cm³/mol. The third-order valence-corrected chi connectivity index (χ3v) is 5.52. The number of carboxylic acids is 1. The van der Waals surface area contributed by atoms with E-state index in [1.54, 1.807) is 31.2 Å². The summed E-state index contributed by atoms with van der Waals surface area (Å²) < 4.78 is 30.6. The van der Waals surface area contributed by atoms with Gasteiger partial charge in [-0.05, 0) is 55.3 Å². The van der Waals surface area contributed by atoms with Gasteiger partial charge in [-0.15, -0.1) is 0 Å². The number of amides is 1. The van der Waals surface area contributed by atoms with Crippen LogP contribution in [0.1, 0.15) is 50.3 Å². The van der Waals surface area contributed by atoms with Crippen LogP contribution in [-0.2, 0) is 17.9 Å². The summed E-state index contributed by atoms with van der Waals surface area (Å²) in [6, 6.07) is 20.4. The maximum Gasteiger partial charge on any atom is 0.416 e. The lowest BCUT2D eigenvalue weighted by molar-refractivity contribution is -0.138. The highest BCUT2D eigenvalue weighted by Crippen LogP contribution is 2.23. The molecule has 0 bridgehead atoms. The van der Waals surface area contributed by atoms with Crippen LogP contribution in [0.3, 0.4) is 0 Å². The average Bonchev–Trinajstić information content (AvgIpc) is 3.37. The number of aliphatic carboxylic acids is 1. The zero-order valence-electron chi connectivity index (χ0n) is 24.3. The van der Waals surface area contributed by atoms with E-state index in [0.29, 0.717) is 34.2 Å². The van der Waals surface area contributed by atoms with Crippen LogP contribution in [0, 0.1) is 19.7 Å². The maximum absolute atomic E-state index is 13.8. The van der Waals surface area contributed by atoms with E-state index in [1.165, 1.54) is 12.1 Å². The molecule has 0 atom stereocenters. The molecule has 0 radical (unpaired) electrons. The lowest BCUT2D eigenvalue weighted by atomic mass is 10.2. The molecule has 0 spiro atoms. The molecule has 4 aromatic rings. The summed E-state index contributed by atoms with van der Waals surface area (Å²) in [6.07, 6.45) is -0.901. The van der Waals surface area contributed by atoms with Crippen molar-refractivity contribution < 1.29 is 33.0 Å². The van der Waals surface area contributed by atoms with Crippen molar-refractivity contribution in [2.45, 2.75) is 54.7 Å². The third-order valence-electron chi connectivity index (χ3n) is 5.52. The predicted octanol–water partition coefficient (Wildman–Crippen LogP) is 7.81. The largest absolute Gasteiger partial charge is 0.487 e. The van der Waals surface area contributed by atoms with Gasteiger partial charge < -0.3 is 19.0 Å². The van der Waals surface area contributed by atoms with Crippen LogP contribution >= 0.6 is 0 Å². The molecule has 0 saturated heterocycles. The molecule has 0 aliphatic rings. The van der Waals surface area contributed by atoms with E-state index >= 15 is 0 Å². The number of nitrogens with zero attached hydrogens (tertiary/aromatic N) is 2. The van der Waals surface area contributed by atoms with Gasteiger partial charge in [0.2, 0.25) is 5.89 Å². The minimum atomic E-state index is -1.20. The second kappa shape index (κ2) is 16.4. The Hall–Kier alpha value is -4.66. The van der Waals surface area contributed by atoms with E-state index in [9.17, 15) is 19.1 Å². The Morgan fingerprint density at radius 1 is 0.927 bits per heavy atom. The Morgan fingerprint density at radius 2 is 1.56 bits per heavy atom. The molecule has 0 fully saturated rings. The molecule has 3 aromatic carbocycles. The van der Waals surface area contributed by atoms with Gasteiger partial charge in [0, 0.05) is 18.2 Å². The Morgan fingerprint density at radius 3 is 2.17 bits per heavy atom. The number of aryl methyl sites for hydroxylation is 2. The number of carboxylic acid groups (broad SMARTS) is 1. The van der Waals surface area contributed by atoms with E-state index in [2.05, 4.69) is 4.98 Å². The summed E-state index contributed by atoms with van der Waals surface area (Å²) in [6.45, 7) is 11.0. The normalized spacial score (nSPS) is 9.93. The first-order valence-corrected chi connectivity index (χ1v) is 13.5. The van der Waals surface area contributed by atoms with Gasteiger partial charge in [-0.1, -0.05) is 64.1 Å². The van der Waals surface area contributed by atoms with Gasteiger partial charge in [0.05, 0.1) is 0 Å². The van der Waals surface area contributed by atoms with Crippen LogP contribution in [0.5, 0.6) is 11.5 Å². The molecule has 9 heteroatoms. The average molecular weight is 565 g/mol. The number of hydrogen-bond acceptors (Lipinski definition) is 6. The summed E-state index contributed by atoms with van der Waals surface area (Å²) in [7, 11) is 0. The van der Waals surface area contributed by atoms with Crippen LogP contribution in [0.25, 0.3) is 11.5 Å². The first kappa shape index (κ1) is 32.6. The maximum atomic E-state index is 13.8. The molecule has 0 saturated carbocycles. The molecular formula is C32H37FN2O6. The summed E-state index contributed by atoms with van der Waals surface area (Å²) >= 11 is 0. The zero-order valence-corrected chi connectivity index (χ0v) is 24.3. The fourth-order valence-electron chi connectivity index (χ4n) is 3.48.